The second-order valence-corrected chi connectivity index (χ2v) is 9.14. The van der Waals surface area contributed by atoms with Gasteiger partial charge in [0.15, 0.2) is 5.13 Å². The summed E-state index contributed by atoms with van der Waals surface area (Å²) in [7, 11) is -1.44. The van der Waals surface area contributed by atoms with Crippen LogP contribution in [0.4, 0.5) is 10.8 Å². The first-order valence-corrected chi connectivity index (χ1v) is 10.6. The van der Waals surface area contributed by atoms with Gasteiger partial charge in [-0.25, -0.2) is 13.4 Å². The normalized spacial score (nSPS) is 14.8. The monoisotopic (exact) mass is 400 g/mol. The maximum absolute atomic E-state index is 12.4. The van der Waals surface area contributed by atoms with Gasteiger partial charge in [0.2, 0.25) is 10.0 Å². The first kappa shape index (κ1) is 18.1. The lowest BCUT2D eigenvalue weighted by molar-refractivity contribution is 0.102. The topological polar surface area (TPSA) is 91.4 Å². The van der Waals surface area contributed by atoms with Crippen LogP contribution in [-0.4, -0.2) is 44.1 Å². The lowest BCUT2D eigenvalue weighted by Gasteiger charge is -2.20. The highest BCUT2D eigenvalue weighted by Crippen LogP contribution is 2.29. The third kappa shape index (κ3) is 4.49. The summed E-state index contributed by atoms with van der Waals surface area (Å²) in [5.74, 6) is -0.368. The molecule has 134 valence electrons. The van der Waals surface area contributed by atoms with Crippen molar-refractivity contribution in [1.82, 2.24) is 9.88 Å². The predicted molar refractivity (Wildman–Crippen MR) is 100 cm³/mol. The molecule has 2 aromatic rings. The van der Waals surface area contributed by atoms with Crippen LogP contribution in [0, 0.1) is 0 Å². The summed E-state index contributed by atoms with van der Waals surface area (Å²) in [5, 5.41) is 3.53. The van der Waals surface area contributed by atoms with Gasteiger partial charge in [0.25, 0.3) is 5.91 Å². The summed E-state index contributed by atoms with van der Waals surface area (Å²) < 4.78 is 25.1. The van der Waals surface area contributed by atoms with E-state index in [1.165, 1.54) is 29.5 Å². The van der Waals surface area contributed by atoms with Gasteiger partial charge in [0, 0.05) is 30.0 Å². The van der Waals surface area contributed by atoms with Gasteiger partial charge < -0.3 is 4.90 Å². The molecule has 25 heavy (non-hydrogen) atoms. The molecule has 0 spiro atoms. The van der Waals surface area contributed by atoms with E-state index in [2.05, 4.69) is 19.9 Å². The summed E-state index contributed by atoms with van der Waals surface area (Å²) in [4.78, 5) is 20.3. The van der Waals surface area contributed by atoms with Crippen molar-refractivity contribution in [2.45, 2.75) is 13.0 Å². The van der Waals surface area contributed by atoms with Gasteiger partial charge in [0.05, 0.1) is 22.7 Å². The van der Waals surface area contributed by atoms with E-state index in [9.17, 15) is 13.2 Å². The lowest BCUT2D eigenvalue weighted by atomic mass is 10.2. The standard InChI is InChI=1S/C15H17ClN4O3S2/c1-20-6-5-11-13(8-20)24-15(17-11)18-14(21)9-3-4-10(16)12(7-9)19-25(2,22)23/h3-4,7,19H,5-6,8H2,1-2H3,(H,17,18,21). The number of anilines is 2. The summed E-state index contributed by atoms with van der Waals surface area (Å²) >= 11 is 7.43. The number of aromatic nitrogens is 1. The van der Waals surface area contributed by atoms with Crippen LogP contribution in [0.1, 0.15) is 20.9 Å². The van der Waals surface area contributed by atoms with Crippen LogP contribution >= 0.6 is 22.9 Å². The Morgan fingerprint density at radius 2 is 2.16 bits per heavy atom. The molecule has 10 heteroatoms. The lowest BCUT2D eigenvalue weighted by Crippen LogP contribution is -2.25. The van der Waals surface area contributed by atoms with Crippen molar-refractivity contribution in [3.63, 3.8) is 0 Å². The zero-order chi connectivity index (χ0) is 18.2. The van der Waals surface area contributed by atoms with Crippen LogP contribution < -0.4 is 10.0 Å². The number of rotatable bonds is 4. The maximum Gasteiger partial charge on any atom is 0.257 e. The molecule has 1 aromatic heterocycles. The minimum absolute atomic E-state index is 0.164. The minimum Gasteiger partial charge on any atom is -0.301 e. The fourth-order valence-corrected chi connectivity index (χ4v) is 4.36. The number of amides is 1. The fraction of sp³-hybridized carbons (Fsp3) is 0.333. The molecule has 1 aromatic carbocycles. The molecule has 1 aliphatic heterocycles. The number of fused-ring (bicyclic) bond motifs is 1. The largest absolute Gasteiger partial charge is 0.301 e. The van der Waals surface area contributed by atoms with Gasteiger partial charge in [-0.05, 0) is 25.2 Å². The van der Waals surface area contributed by atoms with Gasteiger partial charge in [0.1, 0.15) is 0 Å². The SMILES string of the molecule is CN1CCc2nc(NC(=O)c3ccc(Cl)c(NS(C)(=O)=O)c3)sc2C1. The number of hydrogen-bond donors (Lipinski definition) is 2. The maximum atomic E-state index is 12.4. The Balaban J connectivity index is 1.79. The molecule has 2 heterocycles. The number of thiazole rings is 1. The summed E-state index contributed by atoms with van der Waals surface area (Å²) in [6, 6.07) is 4.41. The van der Waals surface area contributed by atoms with Crippen molar-refractivity contribution in [3.8, 4) is 0 Å². The van der Waals surface area contributed by atoms with E-state index in [1.54, 1.807) is 0 Å². The molecule has 1 amide bonds. The highest BCUT2D eigenvalue weighted by molar-refractivity contribution is 7.92. The molecule has 0 saturated heterocycles. The van der Waals surface area contributed by atoms with Gasteiger partial charge in [-0.15, -0.1) is 11.3 Å². The number of hydrogen-bond acceptors (Lipinski definition) is 6. The van der Waals surface area contributed by atoms with E-state index < -0.39 is 10.0 Å². The van der Waals surface area contributed by atoms with E-state index in [-0.39, 0.29) is 16.6 Å². The Labute approximate surface area is 155 Å². The van der Waals surface area contributed by atoms with E-state index >= 15 is 0 Å². The molecule has 1 aliphatic rings. The van der Waals surface area contributed by atoms with Gasteiger partial charge >= 0.3 is 0 Å². The number of benzene rings is 1. The Morgan fingerprint density at radius 1 is 1.40 bits per heavy atom. The third-order valence-electron chi connectivity index (χ3n) is 3.67. The van der Waals surface area contributed by atoms with Crippen molar-refractivity contribution in [2.75, 3.05) is 29.9 Å². The molecule has 2 N–H and O–H groups in total. The van der Waals surface area contributed by atoms with Crippen LogP contribution in [0.15, 0.2) is 18.2 Å². The quantitative estimate of drug-likeness (QED) is 0.822. The molecule has 0 saturated carbocycles. The van der Waals surface area contributed by atoms with Crippen molar-refractivity contribution >= 4 is 49.7 Å². The molecule has 3 rings (SSSR count). The Hall–Kier alpha value is -1.68. The number of carbonyl (C=O) groups excluding carboxylic acids is 1. The number of nitrogens with zero attached hydrogens (tertiary/aromatic N) is 2. The Kier molecular flexibility index (Phi) is 5.01. The molecule has 0 bridgehead atoms. The van der Waals surface area contributed by atoms with Crippen molar-refractivity contribution < 1.29 is 13.2 Å². The second kappa shape index (κ2) is 6.91. The number of likely N-dealkylation sites (N-methyl/N-ethyl adjacent to an activating group) is 1. The second-order valence-electron chi connectivity index (χ2n) is 5.90. The molecular formula is C15H17ClN4O3S2. The zero-order valence-electron chi connectivity index (χ0n) is 13.7. The van der Waals surface area contributed by atoms with Crippen LogP contribution in [0.5, 0.6) is 0 Å². The predicted octanol–water partition coefficient (Wildman–Crippen LogP) is 2.41. The zero-order valence-corrected chi connectivity index (χ0v) is 16.1. The van der Waals surface area contributed by atoms with Crippen molar-refractivity contribution in [3.05, 3.63) is 39.4 Å². The van der Waals surface area contributed by atoms with Gasteiger partial charge in [-0.3, -0.25) is 14.8 Å². The molecule has 0 fully saturated rings. The Bertz CT molecular complexity index is 927. The van der Waals surface area contributed by atoms with E-state index in [4.69, 9.17) is 11.6 Å². The van der Waals surface area contributed by atoms with Gasteiger partial charge in [-0.2, -0.15) is 0 Å². The number of carbonyl (C=O) groups is 1. The first-order valence-electron chi connectivity index (χ1n) is 7.47. The minimum atomic E-state index is -3.49. The summed E-state index contributed by atoms with van der Waals surface area (Å²) in [5.41, 5.74) is 1.48. The number of halogens is 1. The van der Waals surface area contributed by atoms with Crippen molar-refractivity contribution in [1.29, 1.82) is 0 Å². The molecule has 0 unspecified atom stereocenters. The molecular weight excluding hydrogens is 384 g/mol. The van der Waals surface area contributed by atoms with Crippen LogP contribution in [0.3, 0.4) is 0 Å². The average molecular weight is 401 g/mol. The Morgan fingerprint density at radius 3 is 2.88 bits per heavy atom. The number of sulfonamides is 1. The van der Waals surface area contributed by atoms with Crippen LogP contribution in [-0.2, 0) is 23.0 Å². The van der Waals surface area contributed by atoms with E-state index in [1.807, 2.05) is 7.05 Å². The van der Waals surface area contributed by atoms with E-state index in [0.29, 0.717) is 10.7 Å². The first-order chi connectivity index (χ1) is 11.7. The highest BCUT2D eigenvalue weighted by atomic mass is 35.5. The fourth-order valence-electron chi connectivity index (χ4n) is 2.49. The molecule has 7 nitrogen and oxygen atoms in total. The van der Waals surface area contributed by atoms with Crippen LogP contribution in [0.2, 0.25) is 5.02 Å². The molecule has 0 aliphatic carbocycles. The van der Waals surface area contributed by atoms with Crippen LogP contribution in [0.25, 0.3) is 0 Å². The summed E-state index contributed by atoms with van der Waals surface area (Å²) in [6.45, 7) is 1.77. The third-order valence-corrected chi connectivity index (χ3v) is 5.58. The number of nitrogens with one attached hydrogen (secondary N) is 2. The van der Waals surface area contributed by atoms with Crippen molar-refractivity contribution in [2.24, 2.45) is 0 Å². The average Bonchev–Trinajstić information content (AvgIpc) is 2.89. The smallest absolute Gasteiger partial charge is 0.257 e. The van der Waals surface area contributed by atoms with Gasteiger partial charge in [-0.1, -0.05) is 11.6 Å². The highest BCUT2D eigenvalue weighted by Gasteiger charge is 2.20. The molecule has 0 radical (unpaired) electrons. The molecule has 0 atom stereocenters. The summed E-state index contributed by atoms with van der Waals surface area (Å²) in [6.07, 6.45) is 1.88. The van der Waals surface area contributed by atoms with E-state index in [0.717, 1.165) is 36.3 Å².